The number of benzene rings is 1. The van der Waals surface area contributed by atoms with E-state index < -0.39 is 10.0 Å². The molecular formula is C13H16ClNO5S. The summed E-state index contributed by atoms with van der Waals surface area (Å²) in [7, 11) is -3.53. The van der Waals surface area contributed by atoms with Crippen molar-refractivity contribution in [1.82, 2.24) is 4.31 Å². The van der Waals surface area contributed by atoms with Crippen LogP contribution in [0.2, 0.25) is 5.02 Å². The van der Waals surface area contributed by atoms with Crippen LogP contribution >= 0.6 is 11.6 Å². The zero-order chi connectivity index (χ0) is 14.9. The van der Waals surface area contributed by atoms with E-state index in [0.717, 1.165) is 0 Å². The van der Waals surface area contributed by atoms with E-state index in [0.29, 0.717) is 45.3 Å². The lowest BCUT2D eigenvalue weighted by Gasteiger charge is -2.26. The van der Waals surface area contributed by atoms with Gasteiger partial charge in [0.15, 0.2) is 0 Å². The van der Waals surface area contributed by atoms with Crippen LogP contribution < -0.4 is 4.74 Å². The van der Waals surface area contributed by atoms with Gasteiger partial charge in [-0.15, -0.1) is 0 Å². The van der Waals surface area contributed by atoms with Gasteiger partial charge in [0, 0.05) is 13.1 Å². The Hall–Kier alpha value is -0.860. The summed E-state index contributed by atoms with van der Waals surface area (Å²) < 4.78 is 42.1. The number of ether oxygens (including phenoxy) is 3. The van der Waals surface area contributed by atoms with Crippen LogP contribution in [0.5, 0.6) is 5.75 Å². The summed E-state index contributed by atoms with van der Waals surface area (Å²) in [6, 6.07) is 4.52. The second kappa shape index (κ2) is 6.10. The van der Waals surface area contributed by atoms with Crippen molar-refractivity contribution in [2.75, 3.05) is 39.5 Å². The summed E-state index contributed by atoms with van der Waals surface area (Å²) in [6.07, 6.45) is 0.123. The van der Waals surface area contributed by atoms with E-state index in [1.165, 1.54) is 16.4 Å². The molecule has 0 aromatic heterocycles. The molecule has 0 amide bonds. The first kappa shape index (κ1) is 15.1. The van der Waals surface area contributed by atoms with Gasteiger partial charge in [-0.05, 0) is 18.2 Å². The minimum atomic E-state index is -3.53. The molecular weight excluding hydrogens is 318 g/mol. The molecule has 116 valence electrons. The lowest BCUT2D eigenvalue weighted by molar-refractivity contribution is 0.0730. The molecule has 3 rings (SSSR count). The Morgan fingerprint density at radius 3 is 2.67 bits per heavy atom. The normalized spacial score (nSPS) is 23.0. The fourth-order valence-corrected chi connectivity index (χ4v) is 3.78. The third-order valence-electron chi connectivity index (χ3n) is 3.34. The molecule has 1 aromatic rings. The molecule has 2 heterocycles. The molecule has 2 saturated heterocycles. The van der Waals surface area contributed by atoms with E-state index in [2.05, 4.69) is 0 Å². The van der Waals surface area contributed by atoms with Crippen LogP contribution in [0.25, 0.3) is 0 Å². The van der Waals surface area contributed by atoms with Crippen LogP contribution in [0, 0.1) is 0 Å². The van der Waals surface area contributed by atoms with E-state index in [-0.39, 0.29) is 16.0 Å². The van der Waals surface area contributed by atoms with Crippen LogP contribution in [0.3, 0.4) is 0 Å². The van der Waals surface area contributed by atoms with Gasteiger partial charge in [-0.25, -0.2) is 8.42 Å². The predicted molar refractivity (Wildman–Crippen MR) is 76.3 cm³/mol. The zero-order valence-electron chi connectivity index (χ0n) is 11.3. The topological polar surface area (TPSA) is 68.4 Å². The Bertz CT molecular complexity index is 611. The second-order valence-corrected chi connectivity index (χ2v) is 7.22. The van der Waals surface area contributed by atoms with Gasteiger partial charge >= 0.3 is 0 Å². The van der Waals surface area contributed by atoms with Gasteiger partial charge in [0.05, 0.1) is 29.7 Å². The van der Waals surface area contributed by atoms with E-state index in [1.54, 1.807) is 6.07 Å². The van der Waals surface area contributed by atoms with Crippen molar-refractivity contribution in [3.63, 3.8) is 0 Å². The zero-order valence-corrected chi connectivity index (χ0v) is 12.9. The van der Waals surface area contributed by atoms with Gasteiger partial charge in [0.2, 0.25) is 10.0 Å². The van der Waals surface area contributed by atoms with Crippen molar-refractivity contribution in [3.8, 4) is 5.75 Å². The Balaban J connectivity index is 1.76. The molecule has 2 fully saturated rings. The number of hydrogen-bond acceptors (Lipinski definition) is 5. The predicted octanol–water partition coefficient (Wildman–Crippen LogP) is 1.14. The monoisotopic (exact) mass is 333 g/mol. The highest BCUT2D eigenvalue weighted by atomic mass is 35.5. The van der Waals surface area contributed by atoms with E-state index >= 15 is 0 Å². The van der Waals surface area contributed by atoms with Gasteiger partial charge in [-0.1, -0.05) is 11.6 Å². The number of epoxide rings is 1. The minimum absolute atomic E-state index is 0.123. The largest absolute Gasteiger partial charge is 0.489 e. The fourth-order valence-electron chi connectivity index (χ4n) is 2.04. The average molecular weight is 334 g/mol. The maximum atomic E-state index is 12.5. The molecule has 0 unspecified atom stereocenters. The molecule has 21 heavy (non-hydrogen) atoms. The van der Waals surface area contributed by atoms with Gasteiger partial charge in [0.1, 0.15) is 18.5 Å². The second-order valence-electron chi connectivity index (χ2n) is 4.88. The van der Waals surface area contributed by atoms with Crippen molar-refractivity contribution in [2.45, 2.75) is 11.0 Å². The summed E-state index contributed by atoms with van der Waals surface area (Å²) in [4.78, 5) is 0.171. The number of sulfonamides is 1. The van der Waals surface area contributed by atoms with Crippen molar-refractivity contribution >= 4 is 21.6 Å². The lowest BCUT2D eigenvalue weighted by Crippen LogP contribution is -2.40. The Morgan fingerprint density at radius 1 is 1.33 bits per heavy atom. The molecule has 0 saturated carbocycles. The molecule has 2 aliphatic heterocycles. The molecule has 8 heteroatoms. The number of rotatable bonds is 5. The highest BCUT2D eigenvalue weighted by Gasteiger charge is 2.27. The third kappa shape index (κ3) is 3.49. The fraction of sp³-hybridized carbons (Fsp3) is 0.538. The highest BCUT2D eigenvalue weighted by Crippen LogP contribution is 2.29. The third-order valence-corrected chi connectivity index (χ3v) is 5.53. The number of morpholine rings is 1. The summed E-state index contributed by atoms with van der Waals surface area (Å²) in [6.45, 7) is 2.66. The minimum Gasteiger partial charge on any atom is -0.489 e. The number of hydrogen-bond donors (Lipinski definition) is 0. The van der Waals surface area contributed by atoms with Crippen LogP contribution in [0.15, 0.2) is 23.1 Å². The maximum absolute atomic E-state index is 12.5. The molecule has 0 bridgehead atoms. The van der Waals surface area contributed by atoms with Gasteiger partial charge in [-0.2, -0.15) is 4.31 Å². The highest BCUT2D eigenvalue weighted by molar-refractivity contribution is 7.89. The van der Waals surface area contributed by atoms with Gasteiger partial charge in [0.25, 0.3) is 0 Å². The Kier molecular flexibility index (Phi) is 4.37. The number of halogens is 1. The SMILES string of the molecule is O=S(=O)(c1ccc(OC[C@H]2CO2)c(Cl)c1)N1CCOCC1. The Labute approximate surface area is 128 Å². The molecule has 0 aliphatic carbocycles. The standard InChI is InChI=1S/C13H16ClNO5S/c14-12-7-11(1-2-13(12)20-9-10-8-19-10)21(16,17)15-3-5-18-6-4-15/h1-2,7,10H,3-6,8-9H2/t10-/m1/s1. The molecule has 2 aliphatic rings. The Morgan fingerprint density at radius 2 is 2.05 bits per heavy atom. The first-order valence-electron chi connectivity index (χ1n) is 6.69. The molecule has 0 N–H and O–H groups in total. The summed E-state index contributed by atoms with van der Waals surface area (Å²) in [5.74, 6) is 0.466. The van der Waals surface area contributed by atoms with Crippen molar-refractivity contribution < 1.29 is 22.6 Å². The number of nitrogens with zero attached hydrogens (tertiary/aromatic N) is 1. The first-order valence-corrected chi connectivity index (χ1v) is 8.51. The lowest BCUT2D eigenvalue weighted by atomic mass is 10.3. The smallest absolute Gasteiger partial charge is 0.243 e. The van der Waals surface area contributed by atoms with Crippen molar-refractivity contribution in [1.29, 1.82) is 0 Å². The summed E-state index contributed by atoms with van der Waals surface area (Å²) >= 11 is 6.10. The molecule has 6 nitrogen and oxygen atoms in total. The van der Waals surface area contributed by atoms with Crippen molar-refractivity contribution in [2.24, 2.45) is 0 Å². The van der Waals surface area contributed by atoms with E-state index in [1.807, 2.05) is 0 Å². The van der Waals surface area contributed by atoms with E-state index in [9.17, 15) is 8.42 Å². The maximum Gasteiger partial charge on any atom is 0.243 e. The van der Waals surface area contributed by atoms with Crippen LogP contribution in [-0.2, 0) is 19.5 Å². The summed E-state index contributed by atoms with van der Waals surface area (Å²) in [5, 5.41) is 0.282. The van der Waals surface area contributed by atoms with Gasteiger partial charge in [-0.3, -0.25) is 0 Å². The van der Waals surface area contributed by atoms with Crippen LogP contribution in [0.4, 0.5) is 0 Å². The van der Waals surface area contributed by atoms with Crippen LogP contribution in [0.1, 0.15) is 0 Å². The molecule has 0 radical (unpaired) electrons. The quantitative estimate of drug-likeness (QED) is 0.756. The average Bonchev–Trinajstić information content (AvgIpc) is 3.31. The molecule has 1 atom stereocenters. The summed E-state index contributed by atoms with van der Waals surface area (Å²) in [5.41, 5.74) is 0. The molecule has 0 spiro atoms. The van der Waals surface area contributed by atoms with E-state index in [4.69, 9.17) is 25.8 Å². The first-order chi connectivity index (χ1) is 10.1. The van der Waals surface area contributed by atoms with Gasteiger partial charge < -0.3 is 14.2 Å². The molecule has 1 aromatic carbocycles. The van der Waals surface area contributed by atoms with Crippen LogP contribution in [-0.4, -0.2) is 58.3 Å². The van der Waals surface area contributed by atoms with Crippen molar-refractivity contribution in [3.05, 3.63) is 23.2 Å².